The molecule has 10 heavy (non-hydrogen) atoms. The molecule has 3 atom stereocenters. The van der Waals surface area contributed by atoms with E-state index in [4.69, 9.17) is 15.9 Å². The Morgan fingerprint density at radius 3 is 2.40 bits per heavy atom. The Kier molecular flexibility index (Phi) is 2.62. The quantitative estimate of drug-likeness (QED) is 0.359. The first-order valence-electron chi connectivity index (χ1n) is 3.50. The van der Waals surface area contributed by atoms with Gasteiger partial charge in [-0.25, -0.2) is 0 Å². The summed E-state index contributed by atoms with van der Waals surface area (Å²) in [5.74, 6) is 0.108. The maximum Gasteiger partial charge on any atom is 0.0599 e. The van der Waals surface area contributed by atoms with Crippen LogP contribution in [0.4, 0.5) is 0 Å². The lowest BCUT2D eigenvalue weighted by molar-refractivity contribution is 0.206. The first-order chi connectivity index (χ1) is 4.79. The van der Waals surface area contributed by atoms with Crippen LogP contribution in [0.3, 0.4) is 0 Å². The topological polar surface area (TPSA) is 78.5 Å². The summed E-state index contributed by atoms with van der Waals surface area (Å²) < 4.78 is 0. The van der Waals surface area contributed by atoms with Crippen molar-refractivity contribution >= 4 is 0 Å². The van der Waals surface area contributed by atoms with Crippen LogP contribution in [0.1, 0.15) is 0 Å². The molecule has 0 amide bonds. The van der Waals surface area contributed by atoms with Gasteiger partial charge in [-0.15, -0.1) is 0 Å². The molecule has 0 saturated carbocycles. The Labute approximate surface area is 60.0 Å². The lowest BCUT2D eigenvalue weighted by atomic mass is 10.0. The molecule has 1 saturated heterocycles. The highest BCUT2D eigenvalue weighted by Gasteiger charge is 2.31. The van der Waals surface area contributed by atoms with Crippen molar-refractivity contribution in [2.45, 2.75) is 12.1 Å². The van der Waals surface area contributed by atoms with Gasteiger partial charge >= 0.3 is 0 Å². The van der Waals surface area contributed by atoms with Gasteiger partial charge in [-0.3, -0.25) is 0 Å². The molecule has 0 aromatic heterocycles. The molecule has 1 aliphatic rings. The molecule has 0 radical (unpaired) electrons. The predicted molar refractivity (Wildman–Crippen MR) is 37.4 cm³/mol. The van der Waals surface area contributed by atoms with Gasteiger partial charge in [0.1, 0.15) is 0 Å². The van der Waals surface area contributed by atoms with Gasteiger partial charge in [0.05, 0.1) is 6.61 Å². The summed E-state index contributed by atoms with van der Waals surface area (Å²) in [5.41, 5.74) is 5.66. The minimum absolute atomic E-state index is 0.0304. The zero-order valence-corrected chi connectivity index (χ0v) is 5.83. The van der Waals surface area contributed by atoms with Gasteiger partial charge < -0.3 is 21.3 Å². The van der Waals surface area contributed by atoms with Gasteiger partial charge in [-0.05, 0) is 0 Å². The Morgan fingerprint density at radius 1 is 1.40 bits per heavy atom. The average Bonchev–Trinajstić information content (AvgIpc) is 2.30. The Hall–Kier alpha value is -0.160. The highest BCUT2D eigenvalue weighted by molar-refractivity contribution is 4.92. The van der Waals surface area contributed by atoms with E-state index in [9.17, 15) is 0 Å². The molecule has 0 aliphatic carbocycles. The highest BCUT2D eigenvalue weighted by atomic mass is 16.3. The van der Waals surface area contributed by atoms with E-state index in [1.165, 1.54) is 0 Å². The van der Waals surface area contributed by atoms with Crippen molar-refractivity contribution in [1.82, 2.24) is 5.32 Å². The maximum atomic E-state index is 8.75. The van der Waals surface area contributed by atoms with Gasteiger partial charge in [0.2, 0.25) is 0 Å². The largest absolute Gasteiger partial charge is 0.396 e. The Morgan fingerprint density at radius 2 is 2.10 bits per heavy atom. The molecule has 0 spiro atoms. The zero-order chi connectivity index (χ0) is 7.56. The number of hydrogen-bond acceptors (Lipinski definition) is 4. The predicted octanol–water partition coefficient (Wildman–Crippen LogP) is -2.11. The van der Waals surface area contributed by atoms with Crippen LogP contribution in [0.25, 0.3) is 0 Å². The minimum Gasteiger partial charge on any atom is -0.396 e. The van der Waals surface area contributed by atoms with Crippen molar-refractivity contribution in [1.29, 1.82) is 0 Å². The molecular weight excluding hydrogens is 132 g/mol. The number of rotatable bonds is 2. The fourth-order valence-electron chi connectivity index (χ4n) is 1.28. The molecule has 1 rings (SSSR count). The van der Waals surface area contributed by atoms with Crippen molar-refractivity contribution in [3.63, 3.8) is 0 Å². The number of hydrogen-bond donors (Lipinski definition) is 4. The van der Waals surface area contributed by atoms with Crippen molar-refractivity contribution in [3.05, 3.63) is 0 Å². The monoisotopic (exact) mass is 146 g/mol. The summed E-state index contributed by atoms with van der Waals surface area (Å²) in [5, 5.41) is 20.5. The van der Waals surface area contributed by atoms with E-state index >= 15 is 0 Å². The van der Waals surface area contributed by atoms with Crippen LogP contribution in [0, 0.1) is 5.92 Å². The summed E-state index contributed by atoms with van der Waals surface area (Å²) in [6.45, 7) is 0.866. The molecule has 0 bridgehead atoms. The fourth-order valence-corrected chi connectivity index (χ4v) is 1.28. The van der Waals surface area contributed by atoms with Crippen LogP contribution >= 0.6 is 0 Å². The first kappa shape index (κ1) is 7.94. The van der Waals surface area contributed by atoms with Crippen molar-refractivity contribution in [3.8, 4) is 0 Å². The summed E-state index contributed by atoms with van der Waals surface area (Å²) >= 11 is 0. The van der Waals surface area contributed by atoms with Gasteiger partial charge in [0, 0.05) is 31.2 Å². The second kappa shape index (κ2) is 3.30. The second-order valence-corrected chi connectivity index (χ2v) is 2.72. The van der Waals surface area contributed by atoms with Crippen LogP contribution in [-0.4, -0.2) is 42.1 Å². The van der Waals surface area contributed by atoms with E-state index in [1.807, 2.05) is 0 Å². The molecule has 4 heteroatoms. The first-order valence-corrected chi connectivity index (χ1v) is 3.50. The van der Waals surface area contributed by atoms with Crippen molar-refractivity contribution in [2.24, 2.45) is 11.7 Å². The summed E-state index contributed by atoms with van der Waals surface area (Å²) in [4.78, 5) is 0. The van der Waals surface area contributed by atoms with Gasteiger partial charge in [0.15, 0.2) is 0 Å². The van der Waals surface area contributed by atoms with E-state index < -0.39 is 0 Å². The zero-order valence-electron chi connectivity index (χ0n) is 5.83. The number of nitrogens with two attached hydrogens (primary N) is 1. The van der Waals surface area contributed by atoms with Crippen LogP contribution < -0.4 is 11.1 Å². The van der Waals surface area contributed by atoms with Crippen molar-refractivity contribution in [2.75, 3.05) is 19.8 Å². The minimum atomic E-state index is -0.102. The van der Waals surface area contributed by atoms with Gasteiger partial charge in [-0.2, -0.15) is 0 Å². The molecular formula is C6H14N2O2. The smallest absolute Gasteiger partial charge is 0.0599 e. The van der Waals surface area contributed by atoms with E-state index in [2.05, 4.69) is 5.32 Å². The van der Waals surface area contributed by atoms with Crippen LogP contribution in [-0.2, 0) is 0 Å². The lowest BCUT2D eigenvalue weighted by Crippen LogP contribution is -2.41. The average molecular weight is 146 g/mol. The third-order valence-corrected chi connectivity index (χ3v) is 2.08. The third-order valence-electron chi connectivity index (χ3n) is 2.08. The molecule has 4 nitrogen and oxygen atoms in total. The molecule has 1 fully saturated rings. The molecule has 5 N–H and O–H groups in total. The summed E-state index contributed by atoms with van der Waals surface area (Å²) in [6.07, 6.45) is 0. The fraction of sp³-hybridized carbons (Fsp3) is 1.00. The summed E-state index contributed by atoms with van der Waals surface area (Å²) in [7, 11) is 0. The number of aliphatic hydroxyl groups excluding tert-OH is 2. The Balaban J connectivity index is 2.41. The summed E-state index contributed by atoms with van der Waals surface area (Å²) in [6, 6.07) is -0.132. The SMILES string of the molecule is N[C@@H]1[C@H](CO)CN[C@H]1CO. The molecule has 0 aromatic carbocycles. The third kappa shape index (κ3) is 1.29. The van der Waals surface area contributed by atoms with Crippen LogP contribution in [0.5, 0.6) is 0 Å². The van der Waals surface area contributed by atoms with E-state index in [-0.39, 0.29) is 31.2 Å². The number of nitrogens with one attached hydrogen (secondary N) is 1. The molecule has 1 aliphatic heterocycles. The molecule has 1 heterocycles. The molecule has 0 aromatic rings. The highest BCUT2D eigenvalue weighted by Crippen LogP contribution is 2.11. The standard InChI is InChI=1S/C6H14N2O2/c7-6-4(2-9)1-8-5(6)3-10/h4-6,8-10H,1-3,7H2/t4-,5-,6+/m0/s1. The normalized spacial score (nSPS) is 40.5. The second-order valence-electron chi connectivity index (χ2n) is 2.72. The molecule has 0 unspecified atom stereocenters. The Bertz CT molecular complexity index is 97.9. The van der Waals surface area contributed by atoms with E-state index in [0.29, 0.717) is 6.54 Å². The lowest BCUT2D eigenvalue weighted by Gasteiger charge is -2.15. The molecule has 60 valence electrons. The van der Waals surface area contributed by atoms with Crippen LogP contribution in [0.15, 0.2) is 0 Å². The maximum absolute atomic E-state index is 8.75. The van der Waals surface area contributed by atoms with Crippen LogP contribution in [0.2, 0.25) is 0 Å². The van der Waals surface area contributed by atoms with E-state index in [0.717, 1.165) is 0 Å². The van der Waals surface area contributed by atoms with Gasteiger partial charge in [-0.1, -0.05) is 0 Å². The van der Waals surface area contributed by atoms with Gasteiger partial charge in [0.25, 0.3) is 0 Å². The van der Waals surface area contributed by atoms with Crippen molar-refractivity contribution < 1.29 is 10.2 Å². The van der Waals surface area contributed by atoms with E-state index in [1.54, 1.807) is 0 Å². The number of aliphatic hydroxyl groups is 2.